The average molecular weight is 299 g/mol. The van der Waals surface area contributed by atoms with E-state index in [0.717, 1.165) is 0 Å². The summed E-state index contributed by atoms with van der Waals surface area (Å²) in [6, 6.07) is 0. The molecule has 0 aromatic carbocycles. The maximum atomic E-state index is 11.8. The largest absolute Gasteiger partial charge is 0.462 e. The first-order chi connectivity index (χ1) is 9.49. The fourth-order valence-electron chi connectivity index (χ4n) is 1.18. The number of terminal acetylenes is 1. The third-order valence-corrected chi connectivity index (χ3v) is 2.06. The first kappa shape index (κ1) is 18.8. The molecule has 0 heterocycles. The van der Waals surface area contributed by atoms with E-state index in [9.17, 15) is 14.4 Å². The molecule has 118 valence electrons. The Bertz CT molecular complexity index is 425. The Hall–Kier alpha value is -2.23. The van der Waals surface area contributed by atoms with Crippen LogP contribution >= 0.6 is 0 Å². The van der Waals surface area contributed by atoms with E-state index in [1.54, 1.807) is 20.8 Å². The van der Waals surface area contributed by atoms with E-state index in [0.29, 0.717) is 0 Å². The van der Waals surface area contributed by atoms with Gasteiger partial charge in [0.25, 0.3) is 0 Å². The van der Waals surface area contributed by atoms with Crippen molar-refractivity contribution in [3.63, 3.8) is 0 Å². The molecule has 0 aliphatic rings. The molecule has 21 heavy (non-hydrogen) atoms. The molecular weight excluding hydrogens is 278 g/mol. The number of carbonyl (C=O) groups is 3. The maximum absolute atomic E-state index is 11.8. The second-order valence-electron chi connectivity index (χ2n) is 5.41. The summed E-state index contributed by atoms with van der Waals surface area (Å²) in [6.45, 7) is 6.75. The van der Waals surface area contributed by atoms with Crippen LogP contribution < -0.4 is 5.32 Å². The molecule has 0 atom stereocenters. The van der Waals surface area contributed by atoms with Gasteiger partial charge >= 0.3 is 18.0 Å². The van der Waals surface area contributed by atoms with E-state index in [-0.39, 0.29) is 13.2 Å². The number of carbonyl (C=O) groups excluding carboxylic acids is 3. The molecule has 0 saturated heterocycles. The van der Waals surface area contributed by atoms with Crippen LogP contribution in [0.25, 0.3) is 0 Å². The Morgan fingerprint density at radius 3 is 1.76 bits per heavy atom. The number of alkyl carbamates (subject to hydrolysis) is 1. The molecule has 1 amide bonds. The van der Waals surface area contributed by atoms with Crippen LogP contribution in [-0.2, 0) is 23.8 Å². The summed E-state index contributed by atoms with van der Waals surface area (Å²) < 4.78 is 14.7. The van der Waals surface area contributed by atoms with Gasteiger partial charge in [0.2, 0.25) is 0 Å². The third-order valence-electron chi connectivity index (χ3n) is 2.06. The van der Waals surface area contributed by atoms with E-state index >= 15 is 0 Å². The zero-order chi connectivity index (χ0) is 16.7. The molecule has 0 aromatic heterocycles. The van der Waals surface area contributed by atoms with Crippen molar-refractivity contribution in [2.45, 2.75) is 45.8 Å². The normalized spacial score (nSPS) is 11.0. The minimum atomic E-state index is -1.49. The highest BCUT2D eigenvalue weighted by Gasteiger charge is 2.35. The zero-order valence-corrected chi connectivity index (χ0v) is 12.9. The predicted molar refractivity (Wildman–Crippen MR) is 74.2 cm³/mol. The molecule has 0 spiro atoms. The van der Waals surface area contributed by atoms with Crippen LogP contribution in [0.3, 0.4) is 0 Å². The molecule has 0 rings (SSSR count). The zero-order valence-electron chi connectivity index (χ0n) is 12.9. The standard InChI is InChI=1S/C14H21NO6/c1-7-14(8-19-10(2)16,9-20-11(3)17)15-12(18)21-13(4,5)6/h1H,8-9H2,2-6H3,(H,15,18). The van der Waals surface area contributed by atoms with Crippen LogP contribution in [0.4, 0.5) is 4.79 Å². The van der Waals surface area contributed by atoms with Crippen molar-refractivity contribution in [3.05, 3.63) is 0 Å². The monoisotopic (exact) mass is 299 g/mol. The fraction of sp³-hybridized carbons (Fsp3) is 0.643. The van der Waals surface area contributed by atoms with Crippen molar-refractivity contribution < 1.29 is 28.6 Å². The van der Waals surface area contributed by atoms with Crippen LogP contribution in [0.2, 0.25) is 0 Å². The summed E-state index contributed by atoms with van der Waals surface area (Å²) >= 11 is 0. The molecule has 7 nitrogen and oxygen atoms in total. The number of nitrogens with one attached hydrogen (secondary N) is 1. The molecule has 0 bridgehead atoms. The summed E-state index contributed by atoms with van der Waals surface area (Å²) in [5.74, 6) is 1.12. The molecular formula is C14H21NO6. The van der Waals surface area contributed by atoms with Gasteiger partial charge in [-0.3, -0.25) is 14.9 Å². The topological polar surface area (TPSA) is 90.9 Å². The lowest BCUT2D eigenvalue weighted by Crippen LogP contribution is -2.55. The number of ether oxygens (including phenoxy) is 3. The summed E-state index contributed by atoms with van der Waals surface area (Å²) in [5.41, 5.74) is -2.22. The molecule has 0 aliphatic heterocycles. The lowest BCUT2D eigenvalue weighted by Gasteiger charge is -2.29. The second-order valence-corrected chi connectivity index (χ2v) is 5.41. The molecule has 0 aliphatic carbocycles. The van der Waals surface area contributed by atoms with Crippen molar-refractivity contribution >= 4 is 18.0 Å². The molecule has 0 fully saturated rings. The number of amides is 1. The predicted octanol–water partition coefficient (Wildman–Crippen LogP) is 1.01. The summed E-state index contributed by atoms with van der Waals surface area (Å²) in [7, 11) is 0. The van der Waals surface area contributed by atoms with E-state index in [4.69, 9.17) is 20.6 Å². The highest BCUT2D eigenvalue weighted by atomic mass is 16.6. The van der Waals surface area contributed by atoms with Crippen LogP contribution in [0.5, 0.6) is 0 Å². The van der Waals surface area contributed by atoms with Gasteiger partial charge in [-0.2, -0.15) is 0 Å². The Balaban J connectivity index is 4.99. The Morgan fingerprint density at radius 2 is 1.48 bits per heavy atom. The summed E-state index contributed by atoms with van der Waals surface area (Å²) in [5, 5.41) is 2.40. The summed E-state index contributed by atoms with van der Waals surface area (Å²) in [6.07, 6.45) is 4.58. The number of esters is 2. The summed E-state index contributed by atoms with van der Waals surface area (Å²) in [4.78, 5) is 33.6. The SMILES string of the molecule is C#CC(COC(C)=O)(COC(C)=O)NC(=O)OC(C)(C)C. The van der Waals surface area contributed by atoms with Gasteiger partial charge in [-0.1, -0.05) is 5.92 Å². The number of rotatable bonds is 5. The Labute approximate surface area is 124 Å². The van der Waals surface area contributed by atoms with Crippen molar-refractivity contribution in [1.82, 2.24) is 5.32 Å². The van der Waals surface area contributed by atoms with Crippen molar-refractivity contribution in [1.29, 1.82) is 0 Å². The van der Waals surface area contributed by atoms with E-state index in [1.807, 2.05) is 0 Å². The van der Waals surface area contributed by atoms with Crippen LogP contribution in [-0.4, -0.2) is 42.4 Å². The first-order valence-electron chi connectivity index (χ1n) is 6.25. The van der Waals surface area contributed by atoms with Crippen LogP contribution in [0.15, 0.2) is 0 Å². The van der Waals surface area contributed by atoms with Gasteiger partial charge in [-0.25, -0.2) is 4.79 Å². The Morgan fingerprint density at radius 1 is 1.05 bits per heavy atom. The fourth-order valence-corrected chi connectivity index (χ4v) is 1.18. The average Bonchev–Trinajstić information content (AvgIpc) is 2.30. The van der Waals surface area contributed by atoms with Gasteiger partial charge in [-0.15, -0.1) is 6.42 Å². The minimum Gasteiger partial charge on any atom is -0.462 e. The van der Waals surface area contributed by atoms with Crippen LogP contribution in [0, 0.1) is 12.3 Å². The van der Waals surface area contributed by atoms with Gasteiger partial charge in [-0.05, 0) is 20.8 Å². The van der Waals surface area contributed by atoms with Crippen molar-refractivity contribution in [2.24, 2.45) is 0 Å². The van der Waals surface area contributed by atoms with E-state index in [2.05, 4.69) is 11.2 Å². The highest BCUT2D eigenvalue weighted by Crippen LogP contribution is 2.11. The van der Waals surface area contributed by atoms with E-state index < -0.39 is 29.2 Å². The molecule has 0 saturated carbocycles. The van der Waals surface area contributed by atoms with Gasteiger partial charge in [0.15, 0.2) is 5.54 Å². The van der Waals surface area contributed by atoms with Gasteiger partial charge in [0.05, 0.1) is 0 Å². The van der Waals surface area contributed by atoms with Crippen molar-refractivity contribution in [3.8, 4) is 12.3 Å². The molecule has 0 radical (unpaired) electrons. The first-order valence-corrected chi connectivity index (χ1v) is 6.25. The lowest BCUT2D eigenvalue weighted by molar-refractivity contribution is -0.146. The van der Waals surface area contributed by atoms with Crippen molar-refractivity contribution in [2.75, 3.05) is 13.2 Å². The minimum absolute atomic E-state index is 0.342. The number of hydrogen-bond acceptors (Lipinski definition) is 6. The second kappa shape index (κ2) is 7.53. The molecule has 0 aromatic rings. The molecule has 7 heteroatoms. The third kappa shape index (κ3) is 8.52. The van der Waals surface area contributed by atoms with Gasteiger partial charge in [0.1, 0.15) is 18.8 Å². The highest BCUT2D eigenvalue weighted by molar-refractivity contribution is 5.71. The Kier molecular flexibility index (Phi) is 6.73. The number of hydrogen-bond donors (Lipinski definition) is 1. The quantitative estimate of drug-likeness (QED) is 0.463. The van der Waals surface area contributed by atoms with Gasteiger partial charge in [0, 0.05) is 13.8 Å². The molecule has 0 unspecified atom stereocenters. The van der Waals surface area contributed by atoms with Crippen LogP contribution in [0.1, 0.15) is 34.6 Å². The lowest BCUT2D eigenvalue weighted by atomic mass is 10.0. The van der Waals surface area contributed by atoms with E-state index in [1.165, 1.54) is 13.8 Å². The van der Waals surface area contributed by atoms with Gasteiger partial charge < -0.3 is 14.2 Å². The smallest absolute Gasteiger partial charge is 0.409 e. The maximum Gasteiger partial charge on any atom is 0.409 e. The molecule has 1 N–H and O–H groups in total.